The third kappa shape index (κ3) is 5.10. The van der Waals surface area contributed by atoms with Crippen molar-refractivity contribution in [2.24, 2.45) is 0 Å². The van der Waals surface area contributed by atoms with E-state index in [-0.39, 0.29) is 13.2 Å². The lowest BCUT2D eigenvalue weighted by Gasteiger charge is -2.14. The first-order valence-electron chi connectivity index (χ1n) is 6.85. The monoisotopic (exact) mass is 288 g/mol. The summed E-state index contributed by atoms with van der Waals surface area (Å²) in [5.41, 5.74) is 1.08. The molecule has 0 heterocycles. The number of hydrogen-bond acceptors (Lipinski definition) is 4. The fourth-order valence-corrected chi connectivity index (χ4v) is 1.86. The smallest absolute Gasteiger partial charge is 0.161 e. The molecule has 4 nitrogen and oxygen atoms in total. The first kappa shape index (κ1) is 15.4. The summed E-state index contributed by atoms with van der Waals surface area (Å²) in [6.45, 7) is 0.867. The Bertz CT molecular complexity index is 527. The molecule has 112 valence electrons. The van der Waals surface area contributed by atoms with Crippen molar-refractivity contribution < 1.29 is 19.3 Å². The largest absolute Gasteiger partial charge is 0.493 e. The van der Waals surface area contributed by atoms with E-state index in [0.717, 1.165) is 5.56 Å². The van der Waals surface area contributed by atoms with Gasteiger partial charge in [0.25, 0.3) is 0 Å². The van der Waals surface area contributed by atoms with Crippen LogP contribution in [0.4, 0.5) is 0 Å². The average molecular weight is 288 g/mol. The van der Waals surface area contributed by atoms with Crippen molar-refractivity contribution in [3.63, 3.8) is 0 Å². The fourth-order valence-electron chi connectivity index (χ4n) is 1.86. The Morgan fingerprint density at radius 3 is 2.29 bits per heavy atom. The van der Waals surface area contributed by atoms with Gasteiger partial charge in [0.05, 0.1) is 20.3 Å². The molecule has 0 aliphatic heterocycles. The van der Waals surface area contributed by atoms with Gasteiger partial charge in [-0.3, -0.25) is 0 Å². The lowest BCUT2D eigenvalue weighted by atomic mass is 10.2. The number of benzene rings is 2. The molecule has 0 aliphatic rings. The quantitative estimate of drug-likeness (QED) is 0.811. The van der Waals surface area contributed by atoms with Gasteiger partial charge in [0.1, 0.15) is 12.7 Å². The predicted octanol–water partition coefficient (Wildman–Crippen LogP) is 2.65. The van der Waals surface area contributed by atoms with Crippen LogP contribution >= 0.6 is 0 Å². The molecule has 1 atom stereocenters. The minimum atomic E-state index is -0.682. The van der Waals surface area contributed by atoms with E-state index < -0.39 is 6.10 Å². The molecule has 0 saturated carbocycles. The number of aliphatic hydroxyl groups excluding tert-OH is 1. The van der Waals surface area contributed by atoms with Crippen molar-refractivity contribution in [1.82, 2.24) is 0 Å². The highest BCUT2D eigenvalue weighted by Crippen LogP contribution is 2.25. The Morgan fingerprint density at radius 2 is 1.57 bits per heavy atom. The van der Waals surface area contributed by atoms with Crippen LogP contribution in [0.5, 0.6) is 11.5 Å². The van der Waals surface area contributed by atoms with Crippen molar-refractivity contribution in [3.8, 4) is 11.5 Å². The molecule has 0 fully saturated rings. The van der Waals surface area contributed by atoms with Gasteiger partial charge in [-0.05, 0) is 17.7 Å². The second-order valence-corrected chi connectivity index (χ2v) is 4.62. The summed E-state index contributed by atoms with van der Waals surface area (Å²) in [5.74, 6) is 1.26. The molecule has 2 rings (SSSR count). The summed E-state index contributed by atoms with van der Waals surface area (Å²) in [6, 6.07) is 17.2. The van der Waals surface area contributed by atoms with E-state index in [1.807, 2.05) is 48.5 Å². The molecule has 0 saturated heterocycles. The van der Waals surface area contributed by atoms with Gasteiger partial charge in [-0.2, -0.15) is 0 Å². The lowest BCUT2D eigenvalue weighted by molar-refractivity contribution is 0.00508. The molecule has 0 bridgehead atoms. The van der Waals surface area contributed by atoms with Gasteiger partial charge >= 0.3 is 0 Å². The molecule has 1 N–H and O–H groups in total. The van der Waals surface area contributed by atoms with E-state index in [4.69, 9.17) is 14.2 Å². The van der Waals surface area contributed by atoms with Gasteiger partial charge in [0, 0.05) is 0 Å². The molecular formula is C17H20O4. The zero-order chi connectivity index (χ0) is 14.9. The molecule has 0 aliphatic carbocycles. The van der Waals surface area contributed by atoms with Crippen molar-refractivity contribution in [2.75, 3.05) is 20.3 Å². The summed E-state index contributed by atoms with van der Waals surface area (Å²) in [4.78, 5) is 0. The standard InChI is InChI=1S/C17H20O4/c1-19-16-9-5-6-10-17(16)21-13-15(18)12-20-11-14-7-3-2-4-8-14/h2-10,15,18H,11-13H2,1H3/t15-/m1/s1. The molecular weight excluding hydrogens is 268 g/mol. The number of ether oxygens (including phenoxy) is 3. The Hall–Kier alpha value is -2.04. The molecule has 0 unspecified atom stereocenters. The first-order valence-corrected chi connectivity index (χ1v) is 6.85. The minimum Gasteiger partial charge on any atom is -0.493 e. The van der Waals surface area contributed by atoms with Crippen molar-refractivity contribution >= 4 is 0 Å². The van der Waals surface area contributed by atoms with Crippen molar-refractivity contribution in [3.05, 3.63) is 60.2 Å². The van der Waals surface area contributed by atoms with Gasteiger partial charge in [-0.15, -0.1) is 0 Å². The highest BCUT2D eigenvalue weighted by Gasteiger charge is 2.08. The Labute approximate surface area is 124 Å². The number of aliphatic hydroxyl groups is 1. The van der Waals surface area contributed by atoms with Crippen LogP contribution < -0.4 is 9.47 Å². The molecule has 4 heteroatoms. The van der Waals surface area contributed by atoms with Gasteiger partial charge in [-0.1, -0.05) is 42.5 Å². The van der Waals surface area contributed by atoms with E-state index in [9.17, 15) is 5.11 Å². The molecule has 0 aromatic heterocycles. The topological polar surface area (TPSA) is 47.9 Å². The molecule has 0 amide bonds. The van der Waals surface area contributed by atoms with Crippen molar-refractivity contribution in [2.45, 2.75) is 12.7 Å². The fraction of sp³-hybridized carbons (Fsp3) is 0.294. The maximum atomic E-state index is 9.86. The zero-order valence-electron chi connectivity index (χ0n) is 12.1. The van der Waals surface area contributed by atoms with Crippen LogP contribution in [0.25, 0.3) is 0 Å². The van der Waals surface area contributed by atoms with E-state index in [0.29, 0.717) is 18.1 Å². The second-order valence-electron chi connectivity index (χ2n) is 4.62. The van der Waals surface area contributed by atoms with E-state index in [2.05, 4.69) is 0 Å². The molecule has 2 aromatic carbocycles. The maximum absolute atomic E-state index is 9.86. The number of methoxy groups -OCH3 is 1. The van der Waals surface area contributed by atoms with Gasteiger partial charge in [0.15, 0.2) is 11.5 Å². The van der Waals surface area contributed by atoms with Crippen LogP contribution in [-0.4, -0.2) is 31.5 Å². The first-order chi connectivity index (χ1) is 10.3. The minimum absolute atomic E-state index is 0.162. The zero-order valence-corrected chi connectivity index (χ0v) is 12.1. The van der Waals surface area contributed by atoms with Crippen molar-refractivity contribution in [1.29, 1.82) is 0 Å². The van der Waals surface area contributed by atoms with Gasteiger partial charge < -0.3 is 19.3 Å². The Balaban J connectivity index is 1.71. The maximum Gasteiger partial charge on any atom is 0.161 e. The number of hydrogen-bond donors (Lipinski definition) is 1. The highest BCUT2D eigenvalue weighted by atomic mass is 16.5. The Kier molecular flexibility index (Phi) is 6.06. The molecule has 2 aromatic rings. The van der Waals surface area contributed by atoms with Crippen LogP contribution in [0.15, 0.2) is 54.6 Å². The summed E-state index contributed by atoms with van der Waals surface area (Å²) in [6.07, 6.45) is -0.682. The van der Waals surface area contributed by atoms with Crippen LogP contribution in [0.3, 0.4) is 0 Å². The summed E-state index contributed by atoms with van der Waals surface area (Å²) in [5, 5.41) is 9.86. The van der Waals surface area contributed by atoms with Gasteiger partial charge in [0.2, 0.25) is 0 Å². The van der Waals surface area contributed by atoms with Crippen LogP contribution in [0.1, 0.15) is 5.56 Å². The molecule has 0 spiro atoms. The van der Waals surface area contributed by atoms with Gasteiger partial charge in [-0.25, -0.2) is 0 Å². The predicted molar refractivity (Wildman–Crippen MR) is 80.6 cm³/mol. The van der Waals surface area contributed by atoms with E-state index in [1.54, 1.807) is 13.2 Å². The molecule has 21 heavy (non-hydrogen) atoms. The summed E-state index contributed by atoms with van der Waals surface area (Å²) in [7, 11) is 1.58. The van der Waals surface area contributed by atoms with E-state index in [1.165, 1.54) is 0 Å². The SMILES string of the molecule is COc1ccccc1OC[C@H](O)COCc1ccccc1. The Morgan fingerprint density at radius 1 is 0.905 bits per heavy atom. The summed E-state index contributed by atoms with van der Waals surface area (Å²) >= 11 is 0. The highest BCUT2D eigenvalue weighted by molar-refractivity contribution is 5.39. The second kappa shape index (κ2) is 8.29. The number of para-hydroxylation sites is 2. The third-order valence-corrected chi connectivity index (χ3v) is 2.92. The number of rotatable bonds is 8. The summed E-state index contributed by atoms with van der Waals surface area (Å²) < 4.78 is 16.2. The third-order valence-electron chi connectivity index (χ3n) is 2.92. The molecule has 0 radical (unpaired) electrons. The normalized spacial score (nSPS) is 11.9. The van der Waals surface area contributed by atoms with Crippen LogP contribution in [-0.2, 0) is 11.3 Å². The van der Waals surface area contributed by atoms with Crippen LogP contribution in [0, 0.1) is 0 Å². The van der Waals surface area contributed by atoms with Crippen LogP contribution in [0.2, 0.25) is 0 Å². The lowest BCUT2D eigenvalue weighted by Crippen LogP contribution is -2.23. The van der Waals surface area contributed by atoms with E-state index >= 15 is 0 Å². The average Bonchev–Trinajstić information content (AvgIpc) is 2.54.